The minimum Gasteiger partial charge on any atom is -0.481 e. The predicted octanol–water partition coefficient (Wildman–Crippen LogP) is 5.52. The van der Waals surface area contributed by atoms with Crippen molar-refractivity contribution in [3.63, 3.8) is 0 Å². The summed E-state index contributed by atoms with van der Waals surface area (Å²) in [5, 5.41) is 18.1. The van der Waals surface area contributed by atoms with Crippen LogP contribution in [0.15, 0.2) is 48.5 Å². The van der Waals surface area contributed by atoms with Gasteiger partial charge < -0.3 is 9.84 Å². The molecule has 0 spiro atoms. The van der Waals surface area contributed by atoms with Crippen molar-refractivity contribution in [2.24, 2.45) is 0 Å². The highest BCUT2D eigenvalue weighted by atomic mass is 35.5. The van der Waals surface area contributed by atoms with Gasteiger partial charge in [-0.3, -0.25) is 9.36 Å². The van der Waals surface area contributed by atoms with Gasteiger partial charge in [-0.05, 0) is 54.8 Å². The Morgan fingerprint density at radius 3 is 2.56 bits per heavy atom. The van der Waals surface area contributed by atoms with E-state index in [1.165, 1.54) is 18.2 Å². The molecule has 0 radical (unpaired) electrons. The molecule has 1 unspecified atom stereocenters. The van der Waals surface area contributed by atoms with E-state index in [1.807, 2.05) is 6.08 Å². The molecule has 2 heterocycles. The fraction of sp³-hybridized carbons (Fsp3) is 0.227. The first-order chi connectivity index (χ1) is 15.1. The molecular formula is C22H17ClF3N3O3. The number of aryl methyl sites for hydroxylation is 1. The third-order valence-corrected chi connectivity index (χ3v) is 5.36. The number of carbonyl (C=O) groups is 1. The van der Waals surface area contributed by atoms with Crippen molar-refractivity contribution in [1.82, 2.24) is 14.8 Å². The van der Waals surface area contributed by atoms with Crippen molar-refractivity contribution < 1.29 is 27.8 Å². The number of ether oxygens (including phenoxy) is 1. The Bertz CT molecular complexity index is 1200. The number of rotatable bonds is 5. The first kappa shape index (κ1) is 21.9. The van der Waals surface area contributed by atoms with Gasteiger partial charge in [-0.1, -0.05) is 29.8 Å². The van der Waals surface area contributed by atoms with E-state index in [9.17, 15) is 23.1 Å². The second kappa shape index (κ2) is 8.31. The lowest BCUT2D eigenvalue weighted by Crippen LogP contribution is -2.17. The number of carboxylic acid groups (broad SMARTS) is 1. The fourth-order valence-corrected chi connectivity index (χ4v) is 3.90. The van der Waals surface area contributed by atoms with Crippen LogP contribution in [0.2, 0.25) is 5.02 Å². The largest absolute Gasteiger partial charge is 0.573 e. The Morgan fingerprint density at radius 2 is 1.91 bits per heavy atom. The summed E-state index contributed by atoms with van der Waals surface area (Å²) in [6, 6.07) is 10.9. The van der Waals surface area contributed by atoms with Crippen LogP contribution in [0.25, 0.3) is 11.3 Å². The van der Waals surface area contributed by atoms with Gasteiger partial charge in [0, 0.05) is 22.9 Å². The molecule has 0 fully saturated rings. The van der Waals surface area contributed by atoms with E-state index in [1.54, 1.807) is 35.8 Å². The smallest absolute Gasteiger partial charge is 0.481 e. The first-order valence-corrected chi connectivity index (χ1v) is 10.0. The number of nitrogens with zero attached hydrogens (tertiary/aromatic N) is 3. The monoisotopic (exact) mass is 463 g/mol. The van der Waals surface area contributed by atoms with Crippen LogP contribution < -0.4 is 4.74 Å². The van der Waals surface area contributed by atoms with Crippen LogP contribution in [0, 0.1) is 6.92 Å². The Hall–Kier alpha value is -3.33. The lowest BCUT2D eigenvalue weighted by atomic mass is 9.92. The zero-order chi connectivity index (χ0) is 23.0. The van der Waals surface area contributed by atoms with Crippen LogP contribution in [-0.4, -0.2) is 32.2 Å². The number of aromatic nitrogens is 3. The van der Waals surface area contributed by atoms with Crippen LogP contribution in [0.4, 0.5) is 13.2 Å². The number of aliphatic carboxylic acids is 1. The number of allylic oxidation sites excluding steroid dienone is 1. The average molecular weight is 464 g/mol. The zero-order valence-corrected chi connectivity index (χ0v) is 17.5. The maximum atomic E-state index is 12.9. The van der Waals surface area contributed by atoms with Crippen LogP contribution in [0.5, 0.6) is 5.75 Å². The second-order valence-corrected chi connectivity index (χ2v) is 7.73. The molecule has 1 atom stereocenters. The minimum atomic E-state index is -4.84. The van der Waals surface area contributed by atoms with Crippen molar-refractivity contribution in [2.75, 3.05) is 0 Å². The van der Waals surface area contributed by atoms with E-state index in [4.69, 9.17) is 11.6 Å². The molecule has 0 amide bonds. The van der Waals surface area contributed by atoms with Gasteiger partial charge in [-0.25, -0.2) is 0 Å². The normalized spacial score (nSPS) is 15.4. The number of benzene rings is 2. The molecular weight excluding hydrogens is 447 g/mol. The number of carboxylic acids is 1. The first-order valence-electron chi connectivity index (χ1n) is 9.64. The number of alkyl halides is 3. The van der Waals surface area contributed by atoms with Gasteiger partial charge in [0.1, 0.15) is 17.4 Å². The molecule has 0 saturated heterocycles. The van der Waals surface area contributed by atoms with Gasteiger partial charge in [0.2, 0.25) is 0 Å². The van der Waals surface area contributed by atoms with E-state index < -0.39 is 18.2 Å². The molecule has 6 nitrogen and oxygen atoms in total. The summed E-state index contributed by atoms with van der Waals surface area (Å²) in [4.78, 5) is 11.2. The molecule has 0 bridgehead atoms. The van der Waals surface area contributed by atoms with Gasteiger partial charge in [0.05, 0.1) is 5.69 Å². The van der Waals surface area contributed by atoms with Gasteiger partial charge >= 0.3 is 12.3 Å². The summed E-state index contributed by atoms with van der Waals surface area (Å²) in [6.07, 6.45) is -2.90. The molecule has 1 aromatic heterocycles. The zero-order valence-electron chi connectivity index (χ0n) is 16.7. The molecule has 166 valence electrons. The third-order valence-electron chi connectivity index (χ3n) is 5.11. The molecule has 1 aliphatic rings. The molecule has 1 N–H and O–H groups in total. The van der Waals surface area contributed by atoms with Crippen molar-refractivity contribution >= 4 is 23.1 Å². The van der Waals surface area contributed by atoms with E-state index in [0.717, 1.165) is 0 Å². The number of hydrogen-bond acceptors (Lipinski definition) is 4. The maximum absolute atomic E-state index is 12.9. The molecule has 3 aromatic rings. The summed E-state index contributed by atoms with van der Waals surface area (Å²) in [7, 11) is 0. The van der Waals surface area contributed by atoms with Crippen LogP contribution in [0.1, 0.15) is 41.5 Å². The second-order valence-electron chi connectivity index (χ2n) is 7.29. The van der Waals surface area contributed by atoms with E-state index in [2.05, 4.69) is 14.9 Å². The molecule has 0 aliphatic carbocycles. The SMILES string of the molecule is Cc1nnc2n1-c1ccc(OC(F)(F)F)cc1C(c1ccc(Cl)cc1)=CC2CCC(=O)O. The van der Waals surface area contributed by atoms with Crippen LogP contribution >= 0.6 is 11.6 Å². The Morgan fingerprint density at radius 1 is 1.19 bits per heavy atom. The van der Waals surface area contributed by atoms with Crippen LogP contribution in [0.3, 0.4) is 0 Å². The molecule has 32 heavy (non-hydrogen) atoms. The van der Waals surface area contributed by atoms with Gasteiger partial charge in [-0.2, -0.15) is 0 Å². The molecule has 0 saturated carbocycles. The van der Waals surface area contributed by atoms with Gasteiger partial charge in [0.15, 0.2) is 0 Å². The van der Waals surface area contributed by atoms with E-state index in [0.29, 0.717) is 39.1 Å². The Labute approximate surface area is 185 Å². The summed E-state index contributed by atoms with van der Waals surface area (Å²) in [5.41, 5.74) is 2.35. The maximum Gasteiger partial charge on any atom is 0.573 e. The summed E-state index contributed by atoms with van der Waals surface area (Å²) < 4.78 is 44.5. The molecule has 10 heteroatoms. The standard InChI is InChI=1S/C22H17ClF3N3O3/c1-12-27-28-21-14(4-9-20(30)31)10-17(13-2-5-15(23)6-3-13)18-11-16(32-22(24,25)26)7-8-19(18)29(12)21/h2-3,5-8,10-11,14H,4,9H2,1H3,(H,30,31). The topological polar surface area (TPSA) is 77.2 Å². The van der Waals surface area contributed by atoms with Gasteiger partial charge in [0.25, 0.3) is 0 Å². The highest BCUT2D eigenvalue weighted by Crippen LogP contribution is 2.40. The number of fused-ring (bicyclic) bond motifs is 3. The average Bonchev–Trinajstić information content (AvgIpc) is 3.02. The number of halogens is 4. The van der Waals surface area contributed by atoms with Gasteiger partial charge in [-0.15, -0.1) is 23.4 Å². The van der Waals surface area contributed by atoms with E-state index >= 15 is 0 Å². The molecule has 2 aromatic carbocycles. The fourth-order valence-electron chi connectivity index (χ4n) is 3.78. The highest BCUT2D eigenvalue weighted by molar-refractivity contribution is 6.30. The summed E-state index contributed by atoms with van der Waals surface area (Å²) in [6.45, 7) is 1.72. The van der Waals surface area contributed by atoms with Crippen molar-refractivity contribution in [3.8, 4) is 11.4 Å². The van der Waals surface area contributed by atoms with E-state index in [-0.39, 0.29) is 18.6 Å². The summed E-state index contributed by atoms with van der Waals surface area (Å²) in [5.74, 6) is -0.725. The van der Waals surface area contributed by atoms with Crippen molar-refractivity contribution in [3.05, 3.63) is 76.3 Å². The van der Waals surface area contributed by atoms with Crippen LogP contribution in [-0.2, 0) is 4.79 Å². The number of hydrogen-bond donors (Lipinski definition) is 1. The lowest BCUT2D eigenvalue weighted by molar-refractivity contribution is -0.274. The highest BCUT2D eigenvalue weighted by Gasteiger charge is 2.32. The minimum absolute atomic E-state index is 0.111. The predicted molar refractivity (Wildman–Crippen MR) is 111 cm³/mol. The molecule has 4 rings (SSSR count). The Kier molecular flexibility index (Phi) is 5.68. The van der Waals surface area contributed by atoms with Crippen molar-refractivity contribution in [2.45, 2.75) is 32.0 Å². The third kappa shape index (κ3) is 4.47. The summed E-state index contributed by atoms with van der Waals surface area (Å²) >= 11 is 6.02. The van der Waals surface area contributed by atoms with Crippen molar-refractivity contribution in [1.29, 1.82) is 0 Å². The lowest BCUT2D eigenvalue weighted by Gasteiger charge is -2.16. The Balaban J connectivity index is 1.95. The molecule has 1 aliphatic heterocycles. The quantitative estimate of drug-likeness (QED) is 0.539.